The lowest BCUT2D eigenvalue weighted by molar-refractivity contribution is 0.363. The summed E-state index contributed by atoms with van der Waals surface area (Å²) < 4.78 is 16.3. The third kappa shape index (κ3) is 2.65. The van der Waals surface area contributed by atoms with Gasteiger partial charge in [-0.3, -0.25) is 9.36 Å². The molecule has 0 N–H and O–H groups in total. The van der Waals surface area contributed by atoms with Gasteiger partial charge in [-0.1, -0.05) is 17.3 Å². The van der Waals surface area contributed by atoms with Crippen LogP contribution in [0.15, 0.2) is 46.2 Å². The van der Waals surface area contributed by atoms with E-state index in [1.54, 1.807) is 11.6 Å². The van der Waals surface area contributed by atoms with E-state index in [0.29, 0.717) is 35.0 Å². The van der Waals surface area contributed by atoms with E-state index < -0.39 is 0 Å². The molecule has 1 saturated carbocycles. The molecule has 0 spiro atoms. The van der Waals surface area contributed by atoms with Crippen molar-refractivity contribution in [3.05, 3.63) is 64.5 Å². The predicted octanol–water partition coefficient (Wildman–Crippen LogP) is 1.72. The van der Waals surface area contributed by atoms with E-state index in [1.165, 1.54) is 22.1 Å². The van der Waals surface area contributed by atoms with E-state index >= 15 is 0 Å². The van der Waals surface area contributed by atoms with Crippen LogP contribution in [0.5, 0.6) is 0 Å². The van der Waals surface area contributed by atoms with Gasteiger partial charge in [0.15, 0.2) is 17.0 Å². The minimum atomic E-state index is -0.341. The van der Waals surface area contributed by atoms with Gasteiger partial charge in [-0.2, -0.15) is 4.98 Å². The predicted molar refractivity (Wildman–Crippen MR) is 109 cm³/mol. The van der Waals surface area contributed by atoms with Gasteiger partial charge in [0.25, 0.3) is 5.56 Å². The number of nitrogens with zero attached hydrogens (tertiary/aromatic N) is 7. The van der Waals surface area contributed by atoms with Crippen molar-refractivity contribution in [1.29, 1.82) is 0 Å². The Morgan fingerprint density at radius 2 is 2.10 bits per heavy atom. The smallest absolute Gasteiger partial charge is 0.280 e. The van der Waals surface area contributed by atoms with Gasteiger partial charge in [0.1, 0.15) is 14.2 Å². The molecule has 1 aliphatic carbocycles. The zero-order valence-corrected chi connectivity index (χ0v) is 16.7. The van der Waals surface area contributed by atoms with Gasteiger partial charge in [0.2, 0.25) is 5.89 Å². The van der Waals surface area contributed by atoms with E-state index in [-0.39, 0.29) is 24.1 Å². The molecule has 4 heterocycles. The number of imidazole rings is 1. The van der Waals surface area contributed by atoms with Crippen LogP contribution in [0, 0.1) is 18.8 Å². The lowest BCUT2D eigenvalue weighted by Crippen LogP contribution is -2.24. The average Bonchev–Trinajstić information content (AvgIpc) is 3.16. The van der Waals surface area contributed by atoms with E-state index in [1.807, 2.05) is 0 Å². The summed E-state index contributed by atoms with van der Waals surface area (Å²) in [4.78, 5) is 27.9. The number of hydrogen-bond acceptors (Lipinski definition) is 7. The molecule has 0 amide bonds. The van der Waals surface area contributed by atoms with E-state index in [0.717, 1.165) is 13.1 Å². The summed E-state index contributed by atoms with van der Waals surface area (Å²) in [6, 6.07) is 8.58. The molecule has 4 aromatic rings. The number of fused-ring (bicyclic) bond motifs is 2. The van der Waals surface area contributed by atoms with E-state index in [4.69, 9.17) is 5.89 Å². The lowest BCUT2D eigenvalue weighted by atomic mass is 10.2. The largest absolute Gasteiger partial charge is 0.371 e. The van der Waals surface area contributed by atoms with Crippen molar-refractivity contribution in [3.63, 3.8) is 0 Å². The van der Waals surface area contributed by atoms with Crippen LogP contribution in [-0.4, -0.2) is 42.3 Å². The summed E-state index contributed by atoms with van der Waals surface area (Å²) in [6.45, 7) is 4.11. The van der Waals surface area contributed by atoms with Gasteiger partial charge in [0, 0.05) is 31.7 Å². The summed E-state index contributed by atoms with van der Waals surface area (Å²) in [7, 11) is 1.73. The highest BCUT2D eigenvalue weighted by atomic mass is 16.5. The minimum absolute atomic E-state index is 0.0241. The second-order valence-electron chi connectivity index (χ2n) is 8.27. The van der Waals surface area contributed by atoms with Crippen LogP contribution in [0.1, 0.15) is 24.6 Å². The van der Waals surface area contributed by atoms with Crippen LogP contribution in [0.3, 0.4) is 0 Å². The molecule has 152 valence electrons. The van der Waals surface area contributed by atoms with Gasteiger partial charge in [-0.25, -0.2) is 9.97 Å². The van der Waals surface area contributed by atoms with Gasteiger partial charge in [0.05, 0.1) is 6.33 Å². The van der Waals surface area contributed by atoms with E-state index in [2.05, 4.69) is 56.2 Å². The Balaban J connectivity index is 1.19. The van der Waals surface area contributed by atoms with Crippen molar-refractivity contribution in [1.82, 2.24) is 29.2 Å². The van der Waals surface area contributed by atoms with Crippen molar-refractivity contribution >= 4 is 16.9 Å². The summed E-state index contributed by atoms with van der Waals surface area (Å²) in [5.41, 5.74) is 2.81. The molecule has 2 unspecified atom stereocenters. The second-order valence-corrected chi connectivity index (χ2v) is 8.27. The maximum absolute atomic E-state index is 12.8. The molecular formula is C21H21N7O2. The molecule has 1 aliphatic heterocycles. The maximum atomic E-state index is 12.8. The first-order chi connectivity index (χ1) is 15.0. The number of benzene rings is 1. The topological polar surface area (TPSA) is 94.9 Å². The van der Waals surface area contributed by atoms with Crippen molar-refractivity contribution in [3.8, 4) is 0 Å². The number of piperidine rings is 1. The Bertz CT molecular complexity index is 1360. The number of rotatable bonds is 4. The monoisotopic (exact) mass is 404 g/mol. The van der Waals surface area contributed by atoms with Crippen LogP contribution in [-0.2, 0) is 13.6 Å². The molecule has 3 aromatic heterocycles. The first-order valence-corrected chi connectivity index (χ1v) is 10.0. The number of anilines is 1. The fourth-order valence-electron chi connectivity index (χ4n) is 4.68. The summed E-state index contributed by atoms with van der Waals surface area (Å²) >= 11 is 0. The third-order valence-corrected chi connectivity index (χ3v) is 6.28. The summed E-state index contributed by atoms with van der Waals surface area (Å²) in [5, 5.41) is 4.18. The number of hydrogen-bond donors (Lipinski definition) is 0. The van der Waals surface area contributed by atoms with Crippen LogP contribution >= 0.6 is 0 Å². The van der Waals surface area contributed by atoms with Crippen LogP contribution in [0.2, 0.25) is 0 Å². The summed E-state index contributed by atoms with van der Waals surface area (Å²) in [5.74, 6) is 2.35. The highest BCUT2D eigenvalue weighted by Gasteiger charge is 2.58. The molecule has 2 atom stereocenters. The molecule has 1 saturated heterocycles. The Morgan fingerprint density at radius 1 is 1.27 bits per heavy atom. The first-order valence-electron chi connectivity index (χ1n) is 10.5. The van der Waals surface area contributed by atoms with Crippen molar-refractivity contribution in [2.24, 2.45) is 18.9 Å². The highest BCUT2D eigenvalue weighted by molar-refractivity contribution is 5.68. The third-order valence-electron chi connectivity index (χ3n) is 6.28. The highest BCUT2D eigenvalue weighted by Crippen LogP contribution is 2.57. The molecular weight excluding hydrogens is 382 g/mol. The molecule has 9 heteroatoms. The molecule has 0 radical (unpaired) electrons. The van der Waals surface area contributed by atoms with Gasteiger partial charge >= 0.3 is 0 Å². The average molecular weight is 404 g/mol. The minimum Gasteiger partial charge on any atom is -0.371 e. The Morgan fingerprint density at radius 3 is 2.90 bits per heavy atom. The lowest BCUT2D eigenvalue weighted by Gasteiger charge is -2.21. The van der Waals surface area contributed by atoms with Crippen LogP contribution in [0.25, 0.3) is 11.2 Å². The molecule has 2 aliphatic rings. The van der Waals surface area contributed by atoms with Crippen molar-refractivity contribution in [2.45, 2.75) is 19.4 Å². The quantitative estimate of drug-likeness (QED) is 0.511. The molecule has 0 bridgehead atoms. The zero-order valence-electron chi connectivity index (χ0n) is 17.7. The Hall–Kier alpha value is -3.49. The van der Waals surface area contributed by atoms with Crippen molar-refractivity contribution in [2.75, 3.05) is 18.0 Å². The SMILES string of the molecule is [2H]c1nc2ncn(C)c2c(=O)n1Cc1nc(C2C3CN(c4cccc(C)c4)CC32)no1. The fourth-order valence-corrected chi connectivity index (χ4v) is 4.68. The van der Waals surface area contributed by atoms with Gasteiger partial charge < -0.3 is 14.0 Å². The Labute approximate surface area is 173 Å². The van der Waals surface area contributed by atoms with E-state index in [9.17, 15) is 4.79 Å². The molecule has 1 aromatic carbocycles. The van der Waals surface area contributed by atoms with Gasteiger partial charge in [-0.05, 0) is 36.5 Å². The Kier molecular flexibility index (Phi) is 3.40. The number of aryl methyl sites for hydroxylation is 2. The molecule has 30 heavy (non-hydrogen) atoms. The number of aromatic nitrogens is 6. The second kappa shape index (κ2) is 6.25. The summed E-state index contributed by atoms with van der Waals surface area (Å²) in [6.07, 6.45) is 1.34. The normalized spacial score (nSPS) is 23.1. The van der Waals surface area contributed by atoms with Crippen molar-refractivity contribution < 1.29 is 5.89 Å². The standard InChI is InChI=1S/C21H21N7O2/c1-12-4-3-5-13(6-12)27-7-14-15(8-27)17(14)19-24-16(30-25-19)9-28-11-23-20-18(21(28)29)26(2)10-22-20/h3-6,10-11,14-15,17H,7-9H2,1-2H3/i11D. The first kappa shape index (κ1) is 16.3. The van der Waals surface area contributed by atoms with Crippen LogP contribution in [0.4, 0.5) is 5.69 Å². The van der Waals surface area contributed by atoms with Crippen LogP contribution < -0.4 is 10.5 Å². The molecule has 6 rings (SSSR count). The maximum Gasteiger partial charge on any atom is 0.280 e. The fraction of sp³-hybridized carbons (Fsp3) is 0.381. The molecule has 9 nitrogen and oxygen atoms in total. The zero-order chi connectivity index (χ0) is 21.3. The molecule has 2 fully saturated rings. The van der Waals surface area contributed by atoms with Gasteiger partial charge in [-0.15, -0.1) is 0 Å².